The van der Waals surface area contributed by atoms with E-state index in [0.29, 0.717) is 4.31 Å². The first-order valence-electron chi connectivity index (χ1n) is 5.07. The van der Waals surface area contributed by atoms with Gasteiger partial charge in [-0.1, -0.05) is 17.7 Å². The second kappa shape index (κ2) is 6.14. The Labute approximate surface area is 115 Å². The molecule has 1 N–H and O–H groups in total. The molecule has 5 nitrogen and oxygen atoms in total. The van der Waals surface area contributed by atoms with Crippen molar-refractivity contribution in [3.05, 3.63) is 41.7 Å². The van der Waals surface area contributed by atoms with E-state index >= 15 is 0 Å². The van der Waals surface area contributed by atoms with Crippen LogP contribution in [0.2, 0.25) is 5.02 Å². The lowest BCUT2D eigenvalue weighted by Gasteiger charge is -2.19. The monoisotopic (exact) mass is 307 g/mol. The van der Waals surface area contributed by atoms with Crippen LogP contribution in [0.1, 0.15) is 0 Å². The first kappa shape index (κ1) is 15.6. The molecule has 0 saturated carbocycles. The predicted octanol–water partition coefficient (Wildman–Crippen LogP) is 1.74. The molecule has 0 aliphatic carbocycles. The fourth-order valence-corrected chi connectivity index (χ4v) is 3.20. The zero-order chi connectivity index (χ0) is 14.6. The molecule has 0 amide bonds. The van der Waals surface area contributed by atoms with Crippen LogP contribution in [-0.4, -0.2) is 36.9 Å². The second-order valence-electron chi connectivity index (χ2n) is 3.55. The van der Waals surface area contributed by atoms with Gasteiger partial charge in [0.1, 0.15) is 17.3 Å². The van der Waals surface area contributed by atoms with Crippen molar-refractivity contribution in [3.63, 3.8) is 0 Å². The standard InChI is InChI=1S/C11H11ClFNO4S/c1-2-5-14(7-11(15)16)19(17,18)10-6-8(13)3-4-9(10)12/h2-4,6H,1,5,7H2,(H,15,16). The van der Waals surface area contributed by atoms with Crippen LogP contribution in [0.15, 0.2) is 35.7 Å². The number of halogens is 2. The quantitative estimate of drug-likeness (QED) is 0.812. The molecule has 0 radical (unpaired) electrons. The van der Waals surface area contributed by atoms with Gasteiger partial charge in [-0.3, -0.25) is 4.79 Å². The lowest BCUT2D eigenvalue weighted by atomic mass is 10.3. The van der Waals surface area contributed by atoms with Crippen LogP contribution in [0.5, 0.6) is 0 Å². The van der Waals surface area contributed by atoms with E-state index in [-0.39, 0.29) is 11.6 Å². The maximum Gasteiger partial charge on any atom is 0.318 e. The SMILES string of the molecule is C=CCN(CC(=O)O)S(=O)(=O)c1cc(F)ccc1Cl. The van der Waals surface area contributed by atoms with Gasteiger partial charge in [0, 0.05) is 6.54 Å². The van der Waals surface area contributed by atoms with Gasteiger partial charge >= 0.3 is 5.97 Å². The molecule has 0 aliphatic heterocycles. The zero-order valence-corrected chi connectivity index (χ0v) is 11.3. The summed E-state index contributed by atoms with van der Waals surface area (Å²) in [7, 11) is -4.20. The number of sulfonamides is 1. The highest BCUT2D eigenvalue weighted by molar-refractivity contribution is 7.89. The molecule has 1 aromatic rings. The Bertz CT molecular complexity index is 603. The fourth-order valence-electron chi connectivity index (χ4n) is 1.36. The minimum Gasteiger partial charge on any atom is -0.480 e. The number of carboxylic acids is 1. The van der Waals surface area contributed by atoms with E-state index in [1.54, 1.807) is 0 Å². The number of hydrogen-bond donors (Lipinski definition) is 1. The zero-order valence-electron chi connectivity index (χ0n) is 9.71. The summed E-state index contributed by atoms with van der Waals surface area (Å²) in [5.74, 6) is -2.12. The molecule has 0 aromatic heterocycles. The summed E-state index contributed by atoms with van der Waals surface area (Å²) in [4.78, 5) is 10.2. The van der Waals surface area contributed by atoms with Gasteiger partial charge in [0.2, 0.25) is 10.0 Å². The molecular formula is C11H11ClFNO4S. The average molecular weight is 308 g/mol. The van der Waals surface area contributed by atoms with Crippen LogP contribution in [-0.2, 0) is 14.8 Å². The van der Waals surface area contributed by atoms with Crippen LogP contribution in [0.25, 0.3) is 0 Å². The number of carboxylic acid groups (broad SMARTS) is 1. The van der Waals surface area contributed by atoms with Crippen molar-refractivity contribution in [1.29, 1.82) is 0 Å². The Kier molecular flexibility index (Phi) is 5.04. The van der Waals surface area contributed by atoms with Gasteiger partial charge in [-0.05, 0) is 18.2 Å². The van der Waals surface area contributed by atoms with E-state index in [9.17, 15) is 17.6 Å². The first-order chi connectivity index (χ1) is 8.78. The topological polar surface area (TPSA) is 74.7 Å². The molecule has 0 unspecified atom stereocenters. The molecule has 1 rings (SSSR count). The molecule has 19 heavy (non-hydrogen) atoms. The molecule has 0 aliphatic rings. The third-order valence-corrected chi connectivity index (χ3v) is 4.45. The molecule has 0 heterocycles. The van der Waals surface area contributed by atoms with Crippen molar-refractivity contribution in [3.8, 4) is 0 Å². The minimum atomic E-state index is -4.20. The van der Waals surface area contributed by atoms with E-state index < -0.39 is 33.3 Å². The maximum atomic E-state index is 13.1. The van der Waals surface area contributed by atoms with Gasteiger partial charge in [-0.2, -0.15) is 4.31 Å². The van der Waals surface area contributed by atoms with Gasteiger partial charge in [-0.15, -0.1) is 6.58 Å². The average Bonchev–Trinajstić information content (AvgIpc) is 2.31. The number of carbonyl (C=O) groups is 1. The Morgan fingerprint density at radius 3 is 2.68 bits per heavy atom. The van der Waals surface area contributed by atoms with Gasteiger partial charge in [0.15, 0.2) is 0 Å². The highest BCUT2D eigenvalue weighted by Gasteiger charge is 2.28. The molecule has 0 atom stereocenters. The molecule has 104 valence electrons. The number of rotatable bonds is 6. The van der Waals surface area contributed by atoms with Crippen LogP contribution < -0.4 is 0 Å². The lowest BCUT2D eigenvalue weighted by Crippen LogP contribution is -2.36. The fraction of sp³-hybridized carbons (Fsp3) is 0.182. The Balaban J connectivity index is 3.29. The number of nitrogens with zero attached hydrogens (tertiary/aromatic N) is 1. The molecule has 0 spiro atoms. The molecular weight excluding hydrogens is 297 g/mol. The largest absolute Gasteiger partial charge is 0.480 e. The summed E-state index contributed by atoms with van der Waals surface area (Å²) in [5.41, 5.74) is 0. The predicted molar refractivity (Wildman–Crippen MR) is 68.0 cm³/mol. The van der Waals surface area contributed by atoms with Crippen LogP contribution in [0.4, 0.5) is 4.39 Å². The molecule has 1 aromatic carbocycles. The van der Waals surface area contributed by atoms with Crippen LogP contribution >= 0.6 is 11.6 Å². The van der Waals surface area contributed by atoms with E-state index in [0.717, 1.165) is 18.2 Å². The summed E-state index contributed by atoms with van der Waals surface area (Å²) in [6.45, 7) is 2.37. The lowest BCUT2D eigenvalue weighted by molar-refractivity contribution is -0.137. The highest BCUT2D eigenvalue weighted by Crippen LogP contribution is 2.25. The smallest absolute Gasteiger partial charge is 0.318 e. The normalized spacial score (nSPS) is 11.5. The van der Waals surface area contributed by atoms with Crippen LogP contribution in [0, 0.1) is 5.82 Å². The van der Waals surface area contributed by atoms with E-state index in [1.165, 1.54) is 6.08 Å². The second-order valence-corrected chi connectivity index (χ2v) is 5.87. The molecule has 0 saturated heterocycles. The van der Waals surface area contributed by atoms with Crippen molar-refractivity contribution in [1.82, 2.24) is 4.31 Å². The summed E-state index contributed by atoms with van der Waals surface area (Å²) in [5, 5.41) is 8.52. The van der Waals surface area contributed by atoms with Crippen molar-refractivity contribution >= 4 is 27.6 Å². The number of hydrogen-bond acceptors (Lipinski definition) is 3. The summed E-state index contributed by atoms with van der Waals surface area (Å²) >= 11 is 5.72. The van der Waals surface area contributed by atoms with Crippen molar-refractivity contribution < 1.29 is 22.7 Å². The van der Waals surface area contributed by atoms with Crippen molar-refractivity contribution in [2.75, 3.05) is 13.1 Å². The molecule has 8 heteroatoms. The first-order valence-corrected chi connectivity index (χ1v) is 6.88. The van der Waals surface area contributed by atoms with Gasteiger partial charge in [0.05, 0.1) is 5.02 Å². The van der Waals surface area contributed by atoms with E-state index in [1.807, 2.05) is 0 Å². The Hall–Kier alpha value is -1.44. The highest BCUT2D eigenvalue weighted by atomic mass is 35.5. The van der Waals surface area contributed by atoms with Crippen molar-refractivity contribution in [2.45, 2.75) is 4.90 Å². The van der Waals surface area contributed by atoms with Gasteiger partial charge < -0.3 is 5.11 Å². The third kappa shape index (κ3) is 3.76. The van der Waals surface area contributed by atoms with Gasteiger partial charge in [-0.25, -0.2) is 12.8 Å². The summed E-state index contributed by atoms with van der Waals surface area (Å²) in [6, 6.07) is 2.85. The van der Waals surface area contributed by atoms with E-state index in [2.05, 4.69) is 6.58 Å². The maximum absolute atomic E-state index is 13.1. The Morgan fingerprint density at radius 1 is 1.53 bits per heavy atom. The van der Waals surface area contributed by atoms with Crippen LogP contribution in [0.3, 0.4) is 0 Å². The minimum absolute atomic E-state index is 0.180. The number of benzene rings is 1. The van der Waals surface area contributed by atoms with Gasteiger partial charge in [0.25, 0.3) is 0 Å². The summed E-state index contributed by atoms with van der Waals surface area (Å²) in [6.07, 6.45) is 1.23. The Morgan fingerprint density at radius 2 is 2.16 bits per heavy atom. The van der Waals surface area contributed by atoms with Crippen molar-refractivity contribution in [2.24, 2.45) is 0 Å². The van der Waals surface area contributed by atoms with E-state index in [4.69, 9.17) is 16.7 Å². The summed E-state index contributed by atoms with van der Waals surface area (Å²) < 4.78 is 38.1. The third-order valence-electron chi connectivity index (χ3n) is 2.16. The molecule has 0 fully saturated rings. The number of aliphatic carboxylic acids is 1. The molecule has 0 bridgehead atoms.